The van der Waals surface area contributed by atoms with E-state index < -0.39 is 0 Å². The number of H-pyrrole nitrogens is 1. The molecular formula is C21H23BrN6. The molecule has 1 saturated carbocycles. The van der Waals surface area contributed by atoms with Crippen molar-refractivity contribution in [2.24, 2.45) is 4.99 Å². The Morgan fingerprint density at radius 2 is 2.04 bits per heavy atom. The Bertz CT molecular complexity index is 963. The summed E-state index contributed by atoms with van der Waals surface area (Å²) in [6.07, 6.45) is 3.92. The van der Waals surface area contributed by atoms with Crippen molar-refractivity contribution in [3.63, 3.8) is 0 Å². The van der Waals surface area contributed by atoms with Crippen LogP contribution in [0.3, 0.4) is 0 Å². The highest BCUT2D eigenvalue weighted by Gasteiger charge is 2.44. The first-order valence-electron chi connectivity index (χ1n) is 9.34. The zero-order valence-corrected chi connectivity index (χ0v) is 17.3. The van der Waals surface area contributed by atoms with Gasteiger partial charge in [-0.25, -0.2) is 4.98 Å². The molecule has 3 aromatic rings. The lowest BCUT2D eigenvalue weighted by molar-refractivity contribution is 0.645. The molecule has 0 radical (unpaired) electrons. The zero-order chi connectivity index (χ0) is 19.4. The topological polar surface area (TPSA) is 78.0 Å². The number of nitrogens with one attached hydrogen (secondary N) is 3. The van der Waals surface area contributed by atoms with Crippen LogP contribution in [0, 0.1) is 0 Å². The van der Waals surface area contributed by atoms with Crippen LogP contribution in [0.15, 0.2) is 64.3 Å². The average Bonchev–Trinajstić information content (AvgIpc) is 3.31. The van der Waals surface area contributed by atoms with Crippen LogP contribution < -0.4 is 10.6 Å². The maximum atomic E-state index is 4.37. The second-order valence-corrected chi connectivity index (χ2v) is 8.02. The van der Waals surface area contributed by atoms with E-state index in [4.69, 9.17) is 0 Å². The van der Waals surface area contributed by atoms with Crippen LogP contribution in [0.25, 0.3) is 11.4 Å². The predicted molar refractivity (Wildman–Crippen MR) is 115 cm³/mol. The number of halogens is 1. The summed E-state index contributed by atoms with van der Waals surface area (Å²) in [7, 11) is 1.80. The first-order valence-corrected chi connectivity index (χ1v) is 10.1. The Kier molecular flexibility index (Phi) is 5.43. The number of aliphatic imine (C=N–C) groups is 1. The van der Waals surface area contributed by atoms with E-state index in [0.29, 0.717) is 6.54 Å². The summed E-state index contributed by atoms with van der Waals surface area (Å²) in [5.74, 6) is 1.58. The smallest absolute Gasteiger partial charge is 0.191 e. The van der Waals surface area contributed by atoms with Gasteiger partial charge in [0.15, 0.2) is 11.8 Å². The molecular weight excluding hydrogens is 416 g/mol. The zero-order valence-electron chi connectivity index (χ0n) is 15.7. The summed E-state index contributed by atoms with van der Waals surface area (Å²) >= 11 is 3.58. The molecule has 6 nitrogen and oxygen atoms in total. The normalized spacial score (nSPS) is 15.3. The van der Waals surface area contributed by atoms with Crippen LogP contribution in [0.1, 0.15) is 24.0 Å². The minimum absolute atomic E-state index is 0.216. The van der Waals surface area contributed by atoms with Crippen molar-refractivity contribution >= 4 is 21.9 Å². The number of nitrogens with zero attached hydrogens (tertiary/aromatic N) is 3. The highest BCUT2D eigenvalue weighted by Crippen LogP contribution is 2.48. The predicted octanol–water partition coefficient (Wildman–Crippen LogP) is 3.63. The highest BCUT2D eigenvalue weighted by molar-refractivity contribution is 9.10. The molecule has 0 aliphatic heterocycles. The van der Waals surface area contributed by atoms with Crippen LogP contribution >= 0.6 is 15.9 Å². The molecule has 3 N–H and O–H groups in total. The molecule has 2 aromatic carbocycles. The van der Waals surface area contributed by atoms with E-state index >= 15 is 0 Å². The fraction of sp³-hybridized carbons (Fsp3) is 0.286. The van der Waals surface area contributed by atoms with Crippen molar-refractivity contribution in [1.29, 1.82) is 0 Å². The van der Waals surface area contributed by atoms with Crippen LogP contribution in [0.2, 0.25) is 0 Å². The second-order valence-electron chi connectivity index (χ2n) is 7.10. The Labute approximate surface area is 173 Å². The molecule has 0 amide bonds. The van der Waals surface area contributed by atoms with Crippen LogP contribution in [0.4, 0.5) is 0 Å². The van der Waals surface area contributed by atoms with Crippen molar-refractivity contribution in [3.8, 4) is 11.4 Å². The van der Waals surface area contributed by atoms with Gasteiger partial charge in [-0.1, -0.05) is 46.3 Å². The van der Waals surface area contributed by atoms with Crippen LogP contribution in [-0.2, 0) is 12.0 Å². The summed E-state index contributed by atoms with van der Waals surface area (Å²) in [4.78, 5) is 8.59. The fourth-order valence-corrected chi connectivity index (χ4v) is 3.77. The lowest BCUT2D eigenvalue weighted by Crippen LogP contribution is -2.40. The Hall–Kier alpha value is -2.67. The maximum absolute atomic E-state index is 4.37. The average molecular weight is 439 g/mol. The summed E-state index contributed by atoms with van der Waals surface area (Å²) < 4.78 is 1.13. The van der Waals surface area contributed by atoms with E-state index in [2.05, 4.69) is 83.1 Å². The Morgan fingerprint density at radius 1 is 1.18 bits per heavy atom. The molecule has 0 spiro atoms. The van der Waals surface area contributed by atoms with E-state index in [1.165, 1.54) is 24.7 Å². The van der Waals surface area contributed by atoms with Gasteiger partial charge in [-0.3, -0.25) is 10.1 Å². The molecule has 1 heterocycles. The summed E-state index contributed by atoms with van der Waals surface area (Å²) in [5.41, 5.74) is 3.77. The van der Waals surface area contributed by atoms with Crippen LogP contribution in [0.5, 0.6) is 0 Å². The standard InChI is InChI=1S/C21H23BrN6/c1-23-20(25-13-21(8-9-21)17-6-3-7-18(22)11-17)24-12-15-4-2-5-16(10-15)19-26-14-27-28-19/h2-7,10-11,14H,8-9,12-13H2,1H3,(H2,23,24,25)(H,26,27,28). The molecule has 1 aliphatic rings. The maximum Gasteiger partial charge on any atom is 0.191 e. The molecule has 144 valence electrons. The monoisotopic (exact) mass is 438 g/mol. The SMILES string of the molecule is CN=C(NCc1cccc(-c2ncn[nH]2)c1)NCC1(c2cccc(Br)c2)CC1. The molecule has 0 saturated heterocycles. The highest BCUT2D eigenvalue weighted by atomic mass is 79.9. The van der Waals surface area contributed by atoms with Gasteiger partial charge in [0, 0.05) is 35.6 Å². The molecule has 28 heavy (non-hydrogen) atoms. The minimum Gasteiger partial charge on any atom is -0.356 e. The van der Waals surface area contributed by atoms with E-state index in [0.717, 1.165) is 33.9 Å². The van der Waals surface area contributed by atoms with Gasteiger partial charge in [0.1, 0.15) is 6.33 Å². The Morgan fingerprint density at radius 3 is 2.75 bits per heavy atom. The van der Waals surface area contributed by atoms with Crippen molar-refractivity contribution in [2.75, 3.05) is 13.6 Å². The summed E-state index contributed by atoms with van der Waals surface area (Å²) in [6, 6.07) is 16.8. The Balaban J connectivity index is 1.35. The van der Waals surface area contributed by atoms with Gasteiger partial charge in [-0.2, -0.15) is 5.10 Å². The van der Waals surface area contributed by atoms with Crippen molar-refractivity contribution in [3.05, 3.63) is 70.5 Å². The van der Waals surface area contributed by atoms with E-state index in [-0.39, 0.29) is 5.41 Å². The van der Waals surface area contributed by atoms with E-state index in [1.807, 2.05) is 12.1 Å². The number of aromatic amines is 1. The van der Waals surface area contributed by atoms with Gasteiger partial charge in [0.2, 0.25) is 0 Å². The molecule has 1 aliphatic carbocycles. The number of benzene rings is 2. The van der Waals surface area contributed by atoms with Gasteiger partial charge < -0.3 is 10.6 Å². The first kappa shape index (κ1) is 18.7. The summed E-state index contributed by atoms with van der Waals surface area (Å²) in [5, 5.41) is 13.7. The number of rotatable bonds is 6. The third kappa shape index (κ3) is 4.25. The van der Waals surface area contributed by atoms with Gasteiger partial charge in [-0.05, 0) is 42.2 Å². The third-order valence-electron chi connectivity index (χ3n) is 5.18. The summed E-state index contributed by atoms with van der Waals surface area (Å²) in [6.45, 7) is 1.56. The number of hydrogen-bond acceptors (Lipinski definition) is 3. The fourth-order valence-electron chi connectivity index (χ4n) is 3.37. The van der Waals surface area contributed by atoms with Crippen molar-refractivity contribution < 1.29 is 0 Å². The van der Waals surface area contributed by atoms with Gasteiger partial charge in [0.25, 0.3) is 0 Å². The van der Waals surface area contributed by atoms with Gasteiger partial charge in [0.05, 0.1) is 0 Å². The second kappa shape index (κ2) is 8.14. The molecule has 0 unspecified atom stereocenters. The van der Waals surface area contributed by atoms with Crippen LogP contribution in [-0.4, -0.2) is 34.7 Å². The molecule has 1 fully saturated rings. The lowest BCUT2D eigenvalue weighted by Gasteiger charge is -2.19. The lowest BCUT2D eigenvalue weighted by atomic mass is 9.96. The third-order valence-corrected chi connectivity index (χ3v) is 5.68. The van der Waals surface area contributed by atoms with E-state index in [1.54, 1.807) is 7.05 Å². The first-order chi connectivity index (χ1) is 13.7. The quantitative estimate of drug-likeness (QED) is 0.405. The van der Waals surface area contributed by atoms with Gasteiger partial charge >= 0.3 is 0 Å². The minimum atomic E-state index is 0.216. The molecule has 4 rings (SSSR count). The number of guanidine groups is 1. The number of aromatic nitrogens is 3. The largest absolute Gasteiger partial charge is 0.356 e. The molecule has 1 aromatic heterocycles. The molecule has 0 atom stereocenters. The number of hydrogen-bond donors (Lipinski definition) is 3. The van der Waals surface area contributed by atoms with Crippen molar-refractivity contribution in [2.45, 2.75) is 24.8 Å². The van der Waals surface area contributed by atoms with Crippen molar-refractivity contribution in [1.82, 2.24) is 25.8 Å². The van der Waals surface area contributed by atoms with Gasteiger partial charge in [-0.15, -0.1) is 0 Å². The molecule has 0 bridgehead atoms. The van der Waals surface area contributed by atoms with E-state index in [9.17, 15) is 0 Å². The molecule has 7 heteroatoms.